The van der Waals surface area contributed by atoms with Crippen molar-refractivity contribution < 1.29 is 8.42 Å². The van der Waals surface area contributed by atoms with Crippen LogP contribution in [-0.4, -0.2) is 33.0 Å². The molecule has 1 aromatic carbocycles. The molecular formula is C24H37N3O2S2. The smallest absolute Gasteiger partial charge is 0.241 e. The fraction of sp³-hybridized carbons (Fsp3) is 0.625. The Hall–Kier alpha value is -1.44. The molecular weight excluding hydrogens is 426 g/mol. The van der Waals surface area contributed by atoms with Gasteiger partial charge in [0.15, 0.2) is 5.13 Å². The number of hydrogen-bond acceptors (Lipinski definition) is 5. The molecule has 1 N–H and O–H groups in total. The van der Waals surface area contributed by atoms with Crippen molar-refractivity contribution in [3.63, 3.8) is 0 Å². The molecule has 0 saturated carbocycles. The van der Waals surface area contributed by atoms with E-state index in [1.54, 1.807) is 11.3 Å². The van der Waals surface area contributed by atoms with Crippen molar-refractivity contribution in [2.45, 2.75) is 77.0 Å². The second-order valence-electron chi connectivity index (χ2n) is 9.61. The van der Waals surface area contributed by atoms with Crippen LogP contribution in [0.4, 0.5) is 5.13 Å². The molecule has 1 atom stereocenters. The van der Waals surface area contributed by atoms with E-state index in [-0.39, 0.29) is 17.8 Å². The van der Waals surface area contributed by atoms with Crippen molar-refractivity contribution in [1.29, 1.82) is 0 Å². The lowest BCUT2D eigenvalue weighted by molar-refractivity contribution is 0.410. The number of nitrogens with one attached hydrogen (secondary N) is 1. The standard InChI is InChI=1S/C24H37N3O2S2/c1-16(2)20-12-21(17(3)4)23(22(13-20)18(5)6)31(28,29)26-14-19-8-7-10-27(15-19)24-25-9-11-30-24/h9,11-13,16-19,26H,7-8,10,14-15H2,1-6H3. The molecule has 172 valence electrons. The highest BCUT2D eigenvalue weighted by atomic mass is 32.2. The normalized spacial score (nSPS) is 17.8. The summed E-state index contributed by atoms with van der Waals surface area (Å²) in [7, 11) is -3.61. The molecule has 2 heterocycles. The van der Waals surface area contributed by atoms with Crippen LogP contribution in [0.1, 0.15) is 88.8 Å². The molecule has 0 spiro atoms. The summed E-state index contributed by atoms with van der Waals surface area (Å²) in [5, 5.41) is 3.02. The highest BCUT2D eigenvalue weighted by Gasteiger charge is 2.29. The summed E-state index contributed by atoms with van der Waals surface area (Å²) in [6.45, 7) is 14.9. The molecule has 31 heavy (non-hydrogen) atoms. The van der Waals surface area contributed by atoms with E-state index >= 15 is 0 Å². The predicted molar refractivity (Wildman–Crippen MR) is 131 cm³/mol. The number of rotatable bonds is 8. The van der Waals surface area contributed by atoms with Gasteiger partial charge in [-0.15, -0.1) is 11.3 Å². The third-order valence-electron chi connectivity index (χ3n) is 6.12. The third-order valence-corrected chi connectivity index (χ3v) is 8.51. The van der Waals surface area contributed by atoms with Gasteiger partial charge in [-0.1, -0.05) is 53.7 Å². The van der Waals surface area contributed by atoms with Crippen LogP contribution in [0.5, 0.6) is 0 Å². The Morgan fingerprint density at radius 3 is 2.26 bits per heavy atom. The molecule has 1 aliphatic heterocycles. The van der Waals surface area contributed by atoms with Crippen LogP contribution in [0, 0.1) is 5.92 Å². The molecule has 1 aromatic heterocycles. The minimum absolute atomic E-state index is 0.137. The van der Waals surface area contributed by atoms with Gasteiger partial charge in [-0.05, 0) is 53.2 Å². The van der Waals surface area contributed by atoms with Crippen molar-refractivity contribution in [2.24, 2.45) is 5.92 Å². The summed E-state index contributed by atoms with van der Waals surface area (Å²) < 4.78 is 30.1. The zero-order valence-electron chi connectivity index (χ0n) is 19.7. The predicted octanol–water partition coefficient (Wildman–Crippen LogP) is 5.71. The number of piperidine rings is 1. The van der Waals surface area contributed by atoms with Gasteiger partial charge in [0.25, 0.3) is 0 Å². The largest absolute Gasteiger partial charge is 0.348 e. The lowest BCUT2D eigenvalue weighted by Gasteiger charge is -2.32. The molecule has 0 radical (unpaired) electrons. The van der Waals surface area contributed by atoms with Gasteiger partial charge in [0.2, 0.25) is 10.0 Å². The monoisotopic (exact) mass is 463 g/mol. The Morgan fingerprint density at radius 2 is 1.74 bits per heavy atom. The van der Waals surface area contributed by atoms with Crippen molar-refractivity contribution >= 4 is 26.5 Å². The Morgan fingerprint density at radius 1 is 1.10 bits per heavy atom. The van der Waals surface area contributed by atoms with E-state index in [4.69, 9.17) is 0 Å². The lowest BCUT2D eigenvalue weighted by Crippen LogP contribution is -2.41. The molecule has 1 fully saturated rings. The van der Waals surface area contributed by atoms with Gasteiger partial charge in [-0.2, -0.15) is 0 Å². The topological polar surface area (TPSA) is 62.3 Å². The molecule has 2 aromatic rings. The number of nitrogens with zero attached hydrogens (tertiary/aromatic N) is 2. The number of sulfonamides is 1. The Labute approximate surface area is 192 Å². The van der Waals surface area contributed by atoms with E-state index in [9.17, 15) is 8.42 Å². The summed E-state index contributed by atoms with van der Waals surface area (Å²) in [6.07, 6.45) is 3.92. The number of hydrogen-bond donors (Lipinski definition) is 1. The molecule has 0 bridgehead atoms. The molecule has 0 aliphatic carbocycles. The fourth-order valence-electron chi connectivity index (χ4n) is 4.28. The second-order valence-corrected chi connectivity index (χ2v) is 12.2. The maximum absolute atomic E-state index is 13.6. The van der Waals surface area contributed by atoms with Gasteiger partial charge in [-0.25, -0.2) is 18.1 Å². The van der Waals surface area contributed by atoms with E-state index < -0.39 is 10.0 Å². The molecule has 1 saturated heterocycles. The summed E-state index contributed by atoms with van der Waals surface area (Å²) in [4.78, 5) is 7.20. The first-order chi connectivity index (χ1) is 14.6. The van der Waals surface area contributed by atoms with Gasteiger partial charge >= 0.3 is 0 Å². The summed E-state index contributed by atoms with van der Waals surface area (Å²) in [6, 6.07) is 4.20. The molecule has 5 nitrogen and oxygen atoms in total. The van der Waals surface area contributed by atoms with E-state index in [1.807, 2.05) is 11.6 Å². The van der Waals surface area contributed by atoms with Crippen LogP contribution in [0.25, 0.3) is 0 Å². The van der Waals surface area contributed by atoms with Gasteiger partial charge in [-0.3, -0.25) is 0 Å². The van der Waals surface area contributed by atoms with E-state index in [1.165, 1.54) is 5.56 Å². The van der Waals surface area contributed by atoms with Crippen molar-refractivity contribution in [3.8, 4) is 0 Å². The Bertz CT molecular complexity index is 938. The molecule has 0 amide bonds. The number of thiazole rings is 1. The van der Waals surface area contributed by atoms with Crippen molar-refractivity contribution in [1.82, 2.24) is 9.71 Å². The van der Waals surface area contributed by atoms with Crippen LogP contribution >= 0.6 is 11.3 Å². The second kappa shape index (κ2) is 10.0. The maximum atomic E-state index is 13.6. The van der Waals surface area contributed by atoms with Crippen LogP contribution in [0.2, 0.25) is 0 Å². The molecule has 1 unspecified atom stereocenters. The highest BCUT2D eigenvalue weighted by molar-refractivity contribution is 7.89. The minimum atomic E-state index is -3.61. The lowest BCUT2D eigenvalue weighted by atomic mass is 9.89. The zero-order valence-corrected chi connectivity index (χ0v) is 21.3. The molecule has 1 aliphatic rings. The van der Waals surface area contributed by atoms with E-state index in [0.717, 1.165) is 42.2 Å². The number of anilines is 1. The van der Waals surface area contributed by atoms with Gasteiger partial charge in [0.1, 0.15) is 0 Å². The van der Waals surface area contributed by atoms with Crippen molar-refractivity contribution in [2.75, 3.05) is 24.5 Å². The van der Waals surface area contributed by atoms with Crippen LogP contribution < -0.4 is 9.62 Å². The van der Waals surface area contributed by atoms with Gasteiger partial charge < -0.3 is 4.90 Å². The van der Waals surface area contributed by atoms with Gasteiger partial charge in [0, 0.05) is 31.2 Å². The minimum Gasteiger partial charge on any atom is -0.348 e. The Kier molecular flexibility index (Phi) is 7.81. The van der Waals surface area contributed by atoms with Crippen LogP contribution in [0.15, 0.2) is 28.6 Å². The average molecular weight is 464 g/mol. The number of aromatic nitrogens is 1. The third kappa shape index (κ3) is 5.68. The molecule has 7 heteroatoms. The maximum Gasteiger partial charge on any atom is 0.241 e. The first-order valence-electron chi connectivity index (χ1n) is 11.4. The SMILES string of the molecule is CC(C)c1cc(C(C)C)c(S(=O)(=O)NCC2CCCN(c3nccs3)C2)c(C(C)C)c1. The fourth-order valence-corrected chi connectivity index (χ4v) is 6.77. The number of benzene rings is 1. The highest BCUT2D eigenvalue weighted by Crippen LogP contribution is 2.35. The quantitative estimate of drug-likeness (QED) is 0.545. The average Bonchev–Trinajstić information content (AvgIpc) is 3.26. The summed E-state index contributed by atoms with van der Waals surface area (Å²) in [5.74, 6) is 0.918. The first kappa shape index (κ1) is 24.2. The van der Waals surface area contributed by atoms with Crippen LogP contribution in [-0.2, 0) is 10.0 Å². The van der Waals surface area contributed by atoms with E-state index in [0.29, 0.717) is 17.4 Å². The van der Waals surface area contributed by atoms with Crippen molar-refractivity contribution in [3.05, 3.63) is 40.4 Å². The summed E-state index contributed by atoms with van der Waals surface area (Å²) in [5.41, 5.74) is 3.06. The molecule has 3 rings (SSSR count). The zero-order chi connectivity index (χ0) is 22.8. The first-order valence-corrected chi connectivity index (χ1v) is 13.8. The van der Waals surface area contributed by atoms with Gasteiger partial charge in [0.05, 0.1) is 4.90 Å². The summed E-state index contributed by atoms with van der Waals surface area (Å²) >= 11 is 1.64. The van der Waals surface area contributed by atoms with Crippen LogP contribution in [0.3, 0.4) is 0 Å². The van der Waals surface area contributed by atoms with E-state index in [2.05, 4.69) is 68.3 Å². The Balaban J connectivity index is 1.85.